The van der Waals surface area contributed by atoms with E-state index in [0.717, 1.165) is 12.8 Å². The molecule has 3 nitrogen and oxygen atoms in total. The number of nitrogens with zero attached hydrogens (tertiary/aromatic N) is 1. The van der Waals surface area contributed by atoms with Gasteiger partial charge in [0, 0.05) is 6.20 Å². The van der Waals surface area contributed by atoms with Crippen LogP contribution in [0.2, 0.25) is 10.2 Å². The number of esters is 1. The van der Waals surface area contributed by atoms with Crippen molar-refractivity contribution >= 4 is 29.2 Å². The average molecular weight is 274 g/mol. The Kier molecular flexibility index (Phi) is 4.24. The number of rotatable bonds is 3. The van der Waals surface area contributed by atoms with Crippen molar-refractivity contribution in [2.45, 2.75) is 25.7 Å². The number of ether oxygens (including phenoxy) is 1. The number of halogens is 2. The Morgan fingerprint density at radius 1 is 1.41 bits per heavy atom. The molecule has 5 heteroatoms. The van der Waals surface area contributed by atoms with Crippen molar-refractivity contribution in [3.05, 3.63) is 28.0 Å². The minimum atomic E-state index is -0.386. The highest BCUT2D eigenvalue weighted by Gasteiger charge is 2.18. The fourth-order valence-corrected chi connectivity index (χ4v) is 2.26. The molecule has 1 heterocycles. The summed E-state index contributed by atoms with van der Waals surface area (Å²) in [7, 11) is 0. The number of hydrogen-bond acceptors (Lipinski definition) is 3. The molecule has 1 saturated carbocycles. The van der Waals surface area contributed by atoms with Crippen LogP contribution in [-0.4, -0.2) is 17.6 Å². The first-order valence-corrected chi connectivity index (χ1v) is 6.40. The Labute approximate surface area is 110 Å². The van der Waals surface area contributed by atoms with E-state index in [-0.39, 0.29) is 16.1 Å². The van der Waals surface area contributed by atoms with Gasteiger partial charge in [0.2, 0.25) is 0 Å². The van der Waals surface area contributed by atoms with Crippen LogP contribution in [0.3, 0.4) is 0 Å². The summed E-state index contributed by atoms with van der Waals surface area (Å²) in [5.74, 6) is 0.123. The lowest BCUT2D eigenvalue weighted by Crippen LogP contribution is -2.12. The second-order valence-electron chi connectivity index (χ2n) is 4.25. The SMILES string of the molecule is O=C(OCC1CCCC1)c1cnc(Cl)c(Cl)c1. The van der Waals surface area contributed by atoms with E-state index in [9.17, 15) is 4.79 Å². The Bertz CT molecular complexity index is 417. The summed E-state index contributed by atoms with van der Waals surface area (Å²) in [5, 5.41) is 0.459. The van der Waals surface area contributed by atoms with Crippen molar-refractivity contribution in [2.24, 2.45) is 5.92 Å². The Morgan fingerprint density at radius 2 is 2.12 bits per heavy atom. The van der Waals surface area contributed by atoms with E-state index < -0.39 is 0 Å². The lowest BCUT2D eigenvalue weighted by Gasteiger charge is -2.09. The number of pyridine rings is 1. The van der Waals surface area contributed by atoms with Gasteiger partial charge in [-0.3, -0.25) is 0 Å². The van der Waals surface area contributed by atoms with Crippen LogP contribution in [0.15, 0.2) is 12.3 Å². The van der Waals surface area contributed by atoms with E-state index in [2.05, 4.69) is 4.98 Å². The van der Waals surface area contributed by atoms with Crippen LogP contribution in [0.4, 0.5) is 0 Å². The van der Waals surface area contributed by atoms with E-state index in [4.69, 9.17) is 27.9 Å². The molecule has 1 fully saturated rings. The van der Waals surface area contributed by atoms with Gasteiger partial charge in [-0.15, -0.1) is 0 Å². The van der Waals surface area contributed by atoms with Gasteiger partial charge in [0.1, 0.15) is 5.15 Å². The number of hydrogen-bond donors (Lipinski definition) is 0. The topological polar surface area (TPSA) is 39.2 Å². The van der Waals surface area contributed by atoms with E-state index in [1.807, 2.05) is 0 Å². The fraction of sp³-hybridized carbons (Fsp3) is 0.500. The molecule has 0 bridgehead atoms. The van der Waals surface area contributed by atoms with Gasteiger partial charge < -0.3 is 4.74 Å². The molecule has 0 aromatic carbocycles. The number of carbonyl (C=O) groups excluding carboxylic acids is 1. The maximum absolute atomic E-state index is 11.7. The van der Waals surface area contributed by atoms with Crippen LogP contribution in [-0.2, 0) is 4.74 Å². The minimum absolute atomic E-state index is 0.194. The molecule has 0 N–H and O–H groups in total. The first kappa shape index (κ1) is 12.7. The summed E-state index contributed by atoms with van der Waals surface area (Å²) in [6.45, 7) is 0.485. The van der Waals surface area contributed by atoms with Crippen LogP contribution in [0.25, 0.3) is 0 Å². The van der Waals surface area contributed by atoms with Crippen LogP contribution >= 0.6 is 23.2 Å². The highest BCUT2D eigenvalue weighted by atomic mass is 35.5. The second kappa shape index (κ2) is 5.69. The maximum Gasteiger partial charge on any atom is 0.339 e. The minimum Gasteiger partial charge on any atom is -0.462 e. The molecular formula is C12H13Cl2NO2. The number of aromatic nitrogens is 1. The molecule has 17 heavy (non-hydrogen) atoms. The van der Waals surface area contributed by atoms with Crippen LogP contribution in [0.1, 0.15) is 36.0 Å². The van der Waals surface area contributed by atoms with Crippen molar-refractivity contribution in [3.63, 3.8) is 0 Å². The van der Waals surface area contributed by atoms with Gasteiger partial charge in [-0.2, -0.15) is 0 Å². The van der Waals surface area contributed by atoms with Gasteiger partial charge in [0.15, 0.2) is 0 Å². The van der Waals surface area contributed by atoms with Gasteiger partial charge in [-0.05, 0) is 24.8 Å². The molecule has 0 saturated heterocycles. The van der Waals surface area contributed by atoms with Gasteiger partial charge in [0.25, 0.3) is 0 Å². The molecule has 0 radical (unpaired) electrons. The predicted octanol–water partition coefficient (Wildman–Crippen LogP) is 3.74. The van der Waals surface area contributed by atoms with Gasteiger partial charge >= 0.3 is 5.97 Å². The Balaban J connectivity index is 1.92. The highest BCUT2D eigenvalue weighted by Crippen LogP contribution is 2.25. The van der Waals surface area contributed by atoms with Crippen molar-refractivity contribution in [1.82, 2.24) is 4.98 Å². The zero-order valence-corrected chi connectivity index (χ0v) is 10.8. The molecule has 0 amide bonds. The molecule has 1 aliphatic rings. The lowest BCUT2D eigenvalue weighted by atomic mass is 10.1. The second-order valence-corrected chi connectivity index (χ2v) is 5.01. The molecule has 1 aliphatic carbocycles. The largest absolute Gasteiger partial charge is 0.462 e. The molecule has 0 atom stereocenters. The van der Waals surface area contributed by atoms with Crippen molar-refractivity contribution in [3.8, 4) is 0 Å². The predicted molar refractivity (Wildman–Crippen MR) is 66.5 cm³/mol. The Hall–Kier alpha value is -0.800. The van der Waals surface area contributed by atoms with Crippen LogP contribution in [0, 0.1) is 5.92 Å². The molecule has 0 spiro atoms. The molecule has 1 aromatic rings. The molecule has 92 valence electrons. The van der Waals surface area contributed by atoms with Crippen LogP contribution in [0.5, 0.6) is 0 Å². The van der Waals surface area contributed by atoms with Gasteiger partial charge in [-0.25, -0.2) is 9.78 Å². The van der Waals surface area contributed by atoms with Crippen LogP contribution < -0.4 is 0 Å². The Morgan fingerprint density at radius 3 is 2.76 bits per heavy atom. The van der Waals surface area contributed by atoms with E-state index in [1.54, 1.807) is 0 Å². The van der Waals surface area contributed by atoms with E-state index in [0.29, 0.717) is 18.1 Å². The third-order valence-electron chi connectivity index (χ3n) is 2.96. The molecular weight excluding hydrogens is 261 g/mol. The van der Waals surface area contributed by atoms with Gasteiger partial charge in [0.05, 0.1) is 17.2 Å². The zero-order chi connectivity index (χ0) is 12.3. The molecule has 1 aromatic heterocycles. The van der Waals surface area contributed by atoms with Crippen molar-refractivity contribution < 1.29 is 9.53 Å². The summed E-state index contributed by atoms with van der Waals surface area (Å²) in [5.41, 5.74) is 0.345. The third kappa shape index (κ3) is 3.33. The monoisotopic (exact) mass is 273 g/mol. The quantitative estimate of drug-likeness (QED) is 0.622. The first-order chi connectivity index (χ1) is 8.16. The lowest BCUT2D eigenvalue weighted by molar-refractivity contribution is 0.0442. The summed E-state index contributed by atoms with van der Waals surface area (Å²) >= 11 is 11.5. The third-order valence-corrected chi connectivity index (χ3v) is 3.64. The highest BCUT2D eigenvalue weighted by molar-refractivity contribution is 6.41. The van der Waals surface area contributed by atoms with E-state index >= 15 is 0 Å². The summed E-state index contributed by atoms with van der Waals surface area (Å²) in [6, 6.07) is 1.48. The normalized spacial score (nSPS) is 16.1. The van der Waals surface area contributed by atoms with Gasteiger partial charge in [-0.1, -0.05) is 36.0 Å². The summed E-state index contributed by atoms with van der Waals surface area (Å²) < 4.78 is 5.23. The van der Waals surface area contributed by atoms with E-state index in [1.165, 1.54) is 25.1 Å². The smallest absolute Gasteiger partial charge is 0.339 e. The zero-order valence-electron chi connectivity index (χ0n) is 9.29. The number of carbonyl (C=O) groups is 1. The summed E-state index contributed by atoms with van der Waals surface area (Å²) in [4.78, 5) is 15.5. The van der Waals surface area contributed by atoms with Crippen molar-refractivity contribution in [2.75, 3.05) is 6.61 Å². The first-order valence-electron chi connectivity index (χ1n) is 5.65. The molecule has 0 unspecified atom stereocenters. The average Bonchev–Trinajstić information content (AvgIpc) is 2.82. The standard InChI is InChI=1S/C12H13Cl2NO2/c13-10-5-9(6-15-11(10)14)12(16)17-7-8-3-1-2-4-8/h5-6,8H,1-4,7H2. The fourth-order valence-electron chi connectivity index (χ4n) is 1.99. The maximum atomic E-state index is 11.7. The summed E-state index contributed by atoms with van der Waals surface area (Å²) in [6.07, 6.45) is 6.14. The molecule has 0 aliphatic heterocycles. The molecule has 2 rings (SSSR count). The van der Waals surface area contributed by atoms with Crippen molar-refractivity contribution in [1.29, 1.82) is 0 Å².